The van der Waals surface area contributed by atoms with Crippen LogP contribution in [0.15, 0.2) is 40.2 Å². The number of hydrogen-bond donors (Lipinski definition) is 0. The fourth-order valence-electron chi connectivity index (χ4n) is 1.57. The molecule has 0 amide bonds. The predicted octanol–water partition coefficient (Wildman–Crippen LogP) is 1.42. The van der Waals surface area contributed by atoms with Crippen LogP contribution in [0.3, 0.4) is 0 Å². The molecule has 19 heavy (non-hydrogen) atoms. The first kappa shape index (κ1) is 13.1. The van der Waals surface area contributed by atoms with E-state index >= 15 is 0 Å². The maximum Gasteiger partial charge on any atom is 0.321 e. The Morgan fingerprint density at radius 1 is 1.26 bits per heavy atom. The summed E-state index contributed by atoms with van der Waals surface area (Å²) in [6, 6.07) is 3.74. The average Bonchev–Trinajstić information content (AvgIpc) is 2.39. The van der Waals surface area contributed by atoms with Crippen LogP contribution in [0.1, 0.15) is 0 Å². The molecule has 1 aromatic heterocycles. The summed E-state index contributed by atoms with van der Waals surface area (Å²) in [5.74, 6) is 1.67. The number of benzene rings is 1. The Morgan fingerprint density at radius 2 is 2.00 bits per heavy atom. The van der Waals surface area contributed by atoms with Crippen LogP contribution in [0.25, 0.3) is 5.69 Å². The fraction of sp³-hybridized carbons (Fsp3) is 0.0769. The lowest BCUT2D eigenvalue weighted by atomic mass is 10.3. The van der Waals surface area contributed by atoms with E-state index in [-0.39, 0.29) is 11.6 Å². The zero-order valence-corrected chi connectivity index (χ0v) is 10.4. The molecule has 1 heterocycles. The summed E-state index contributed by atoms with van der Waals surface area (Å²) in [7, 11) is 0. The third-order valence-electron chi connectivity index (χ3n) is 2.50. The van der Waals surface area contributed by atoms with Crippen LogP contribution in [0.5, 0.6) is 0 Å². The normalized spacial score (nSPS) is 10.2. The smallest absolute Gasteiger partial charge is 0.298 e. The number of terminal acetylenes is 1. The molecular formula is C13H8ClFN2O2. The highest BCUT2D eigenvalue weighted by atomic mass is 35.5. The number of hydrogen-bond acceptors (Lipinski definition) is 2. The molecule has 6 heteroatoms. The number of halogens is 2. The minimum atomic E-state index is -0.777. The Kier molecular flexibility index (Phi) is 3.54. The molecule has 0 atom stereocenters. The van der Waals surface area contributed by atoms with E-state index in [1.54, 1.807) is 0 Å². The number of nitrogens with zero attached hydrogens (tertiary/aromatic N) is 2. The van der Waals surface area contributed by atoms with Gasteiger partial charge in [0.25, 0.3) is 0 Å². The quantitative estimate of drug-likeness (QED) is 0.616. The topological polar surface area (TPSA) is 44.0 Å². The van der Waals surface area contributed by atoms with Gasteiger partial charge in [-0.2, -0.15) is 0 Å². The van der Waals surface area contributed by atoms with E-state index in [4.69, 9.17) is 18.0 Å². The van der Waals surface area contributed by atoms with E-state index in [1.807, 2.05) is 0 Å². The molecule has 4 nitrogen and oxygen atoms in total. The van der Waals surface area contributed by atoms with Crippen molar-refractivity contribution < 1.29 is 4.39 Å². The van der Waals surface area contributed by atoms with Crippen molar-refractivity contribution in [1.82, 2.24) is 9.13 Å². The minimum absolute atomic E-state index is 0.0130. The molecule has 0 aliphatic heterocycles. The van der Waals surface area contributed by atoms with Crippen LogP contribution < -0.4 is 11.1 Å². The third-order valence-corrected chi connectivity index (χ3v) is 2.79. The summed E-state index contributed by atoms with van der Waals surface area (Å²) in [6.45, 7) is 0.0130. The van der Waals surface area contributed by atoms with Gasteiger partial charge in [0.05, 0.1) is 17.3 Å². The van der Waals surface area contributed by atoms with Crippen molar-refractivity contribution in [3.8, 4) is 18.0 Å². The summed E-state index contributed by atoms with van der Waals surface area (Å²) >= 11 is 5.64. The molecule has 96 valence electrons. The summed E-state index contributed by atoms with van der Waals surface area (Å²) in [5.41, 5.74) is -1.22. The lowest BCUT2D eigenvalue weighted by Crippen LogP contribution is -2.39. The van der Waals surface area contributed by atoms with Crippen LogP contribution in [0, 0.1) is 18.2 Å². The number of aromatic nitrogens is 2. The highest BCUT2D eigenvalue weighted by molar-refractivity contribution is 6.30. The minimum Gasteiger partial charge on any atom is -0.298 e. The molecule has 0 bridgehead atoms. The Bertz CT molecular complexity index is 786. The van der Waals surface area contributed by atoms with Gasteiger partial charge in [-0.25, -0.2) is 4.39 Å². The van der Waals surface area contributed by atoms with Crippen LogP contribution in [0.4, 0.5) is 4.39 Å². The van der Waals surface area contributed by atoms with Crippen molar-refractivity contribution in [3.05, 3.63) is 62.1 Å². The third kappa shape index (κ3) is 2.44. The Balaban J connectivity index is 2.62. The molecule has 0 aliphatic rings. The van der Waals surface area contributed by atoms with Gasteiger partial charge in [-0.1, -0.05) is 17.5 Å². The molecular weight excluding hydrogens is 271 g/mol. The molecule has 0 spiro atoms. The van der Waals surface area contributed by atoms with Crippen LogP contribution in [-0.2, 0) is 6.54 Å². The monoisotopic (exact) mass is 278 g/mol. The van der Waals surface area contributed by atoms with Crippen molar-refractivity contribution in [2.24, 2.45) is 0 Å². The Morgan fingerprint density at radius 3 is 2.63 bits per heavy atom. The zero-order valence-electron chi connectivity index (χ0n) is 9.64. The second-order valence-electron chi connectivity index (χ2n) is 3.71. The average molecular weight is 279 g/mol. The molecule has 2 aromatic rings. The van der Waals surface area contributed by atoms with Gasteiger partial charge < -0.3 is 0 Å². The lowest BCUT2D eigenvalue weighted by Gasteiger charge is -2.07. The molecule has 0 saturated carbocycles. The zero-order chi connectivity index (χ0) is 14.0. The first-order chi connectivity index (χ1) is 9.04. The molecule has 0 saturated heterocycles. The molecule has 0 radical (unpaired) electrons. The first-order valence-electron chi connectivity index (χ1n) is 5.25. The summed E-state index contributed by atoms with van der Waals surface area (Å²) in [4.78, 5) is 23.6. The fourth-order valence-corrected chi connectivity index (χ4v) is 1.74. The highest BCUT2D eigenvalue weighted by Crippen LogP contribution is 2.17. The molecule has 1 aromatic carbocycles. The van der Waals surface area contributed by atoms with Crippen molar-refractivity contribution in [1.29, 1.82) is 0 Å². The largest absolute Gasteiger partial charge is 0.321 e. The molecule has 0 N–H and O–H groups in total. The lowest BCUT2D eigenvalue weighted by molar-refractivity contribution is 0.627. The molecule has 0 fully saturated rings. The van der Waals surface area contributed by atoms with Gasteiger partial charge in [-0.15, -0.1) is 6.42 Å². The first-order valence-corrected chi connectivity index (χ1v) is 5.63. The van der Waals surface area contributed by atoms with Gasteiger partial charge in [0.1, 0.15) is 5.82 Å². The summed E-state index contributed by atoms with van der Waals surface area (Å²) in [6.07, 6.45) is 7.86. The second-order valence-corrected chi connectivity index (χ2v) is 4.12. The van der Waals surface area contributed by atoms with Gasteiger partial charge in [0, 0.05) is 12.4 Å². The predicted molar refractivity (Wildman–Crippen MR) is 70.1 cm³/mol. The van der Waals surface area contributed by atoms with E-state index in [2.05, 4.69) is 5.92 Å². The van der Waals surface area contributed by atoms with E-state index in [0.29, 0.717) is 5.69 Å². The van der Waals surface area contributed by atoms with E-state index in [9.17, 15) is 14.0 Å². The number of rotatable bonds is 2. The molecule has 0 unspecified atom stereocenters. The second kappa shape index (κ2) is 5.12. The van der Waals surface area contributed by atoms with E-state index in [0.717, 1.165) is 15.2 Å². The van der Waals surface area contributed by atoms with Gasteiger partial charge in [0.15, 0.2) is 0 Å². The maximum atomic E-state index is 13.1. The van der Waals surface area contributed by atoms with Crippen molar-refractivity contribution in [3.63, 3.8) is 0 Å². The Hall–Kier alpha value is -2.32. The standard InChI is InChI=1S/C13H8ClFN2O2/c1-2-5-16-6-7-17(13(19)12(16)18)9-3-4-11(15)10(14)8-9/h1,3-4,6-8H,5H2. The highest BCUT2D eigenvalue weighted by Gasteiger charge is 2.08. The van der Waals surface area contributed by atoms with Crippen LogP contribution in [-0.4, -0.2) is 9.13 Å². The summed E-state index contributed by atoms with van der Waals surface area (Å²) < 4.78 is 15.3. The van der Waals surface area contributed by atoms with Gasteiger partial charge >= 0.3 is 11.1 Å². The van der Waals surface area contributed by atoms with Gasteiger partial charge in [0.2, 0.25) is 0 Å². The molecule has 0 aliphatic carbocycles. The molecule has 2 rings (SSSR count). The van der Waals surface area contributed by atoms with Crippen LogP contribution in [0.2, 0.25) is 5.02 Å². The maximum absolute atomic E-state index is 13.1. The van der Waals surface area contributed by atoms with E-state index < -0.39 is 16.9 Å². The van der Waals surface area contributed by atoms with Crippen molar-refractivity contribution in [2.75, 3.05) is 0 Å². The SMILES string of the molecule is C#CCn1ccn(-c2ccc(F)c(Cl)c2)c(=O)c1=O. The van der Waals surface area contributed by atoms with E-state index in [1.165, 1.54) is 24.5 Å². The Labute approximate surface area is 112 Å². The van der Waals surface area contributed by atoms with Crippen LogP contribution >= 0.6 is 11.6 Å². The summed E-state index contributed by atoms with van der Waals surface area (Å²) in [5, 5.41) is -0.128. The van der Waals surface area contributed by atoms with Gasteiger partial charge in [-0.3, -0.25) is 18.7 Å². The van der Waals surface area contributed by atoms with Crippen molar-refractivity contribution >= 4 is 11.6 Å². The van der Waals surface area contributed by atoms with Crippen molar-refractivity contribution in [2.45, 2.75) is 6.54 Å². The van der Waals surface area contributed by atoms with Gasteiger partial charge in [-0.05, 0) is 18.2 Å².